The average Bonchev–Trinajstić information content (AvgIpc) is 2.75. The van der Waals surface area contributed by atoms with E-state index in [0.717, 1.165) is 32.6 Å². The molecular formula is C23H20BrClN2O2. The Morgan fingerprint density at radius 1 is 1.07 bits per heavy atom. The smallest absolute Gasteiger partial charge is 0.126 e. The van der Waals surface area contributed by atoms with Crippen LogP contribution in [0.25, 0.3) is 0 Å². The molecule has 3 aromatic carbocycles. The molecule has 1 aliphatic heterocycles. The second-order valence-corrected chi connectivity index (χ2v) is 8.24. The van der Waals surface area contributed by atoms with Gasteiger partial charge in [-0.25, -0.2) is 0 Å². The van der Waals surface area contributed by atoms with Gasteiger partial charge in [-0.3, -0.25) is 10.3 Å². The lowest BCUT2D eigenvalue weighted by atomic mass is 9.93. The van der Waals surface area contributed by atoms with Gasteiger partial charge in [-0.1, -0.05) is 39.7 Å². The first kappa shape index (κ1) is 20.0. The van der Waals surface area contributed by atoms with Gasteiger partial charge in [0.15, 0.2) is 0 Å². The molecule has 1 aliphatic rings. The molecule has 3 aromatic rings. The third kappa shape index (κ3) is 4.47. The highest BCUT2D eigenvalue weighted by molar-refractivity contribution is 9.10. The Balaban J connectivity index is 1.75. The summed E-state index contributed by atoms with van der Waals surface area (Å²) in [5, 5.41) is 14.7. The van der Waals surface area contributed by atoms with Crippen molar-refractivity contribution in [3.63, 3.8) is 0 Å². The van der Waals surface area contributed by atoms with E-state index in [1.54, 1.807) is 13.2 Å². The van der Waals surface area contributed by atoms with Crippen molar-refractivity contribution >= 4 is 33.2 Å². The Kier molecular flexibility index (Phi) is 5.90. The number of nitrogens with zero attached hydrogens (tertiary/aromatic N) is 1. The number of aliphatic imine (C=N–C) groups is 1. The van der Waals surface area contributed by atoms with E-state index in [1.807, 2.05) is 60.7 Å². The number of rotatable bonds is 4. The number of phenols is 1. The molecule has 2 N–H and O–H groups in total. The van der Waals surface area contributed by atoms with E-state index in [0.29, 0.717) is 11.4 Å². The summed E-state index contributed by atoms with van der Waals surface area (Å²) >= 11 is 9.57. The van der Waals surface area contributed by atoms with Crippen LogP contribution in [0.5, 0.6) is 11.5 Å². The van der Waals surface area contributed by atoms with E-state index in [1.165, 1.54) is 0 Å². The van der Waals surface area contributed by atoms with Crippen LogP contribution in [-0.4, -0.2) is 17.9 Å². The molecule has 0 radical (unpaired) electrons. The minimum absolute atomic E-state index is 0.0946. The number of phenolic OH excluding ortho intramolecular Hbond substituents is 1. The minimum atomic E-state index is -0.249. The molecule has 0 fully saturated rings. The first-order valence-corrected chi connectivity index (χ1v) is 10.4. The van der Waals surface area contributed by atoms with E-state index >= 15 is 0 Å². The van der Waals surface area contributed by atoms with Gasteiger partial charge in [0.05, 0.1) is 7.11 Å². The van der Waals surface area contributed by atoms with Gasteiger partial charge in [0.1, 0.15) is 17.7 Å². The fraction of sp³-hybridized carbons (Fsp3) is 0.174. The van der Waals surface area contributed by atoms with E-state index in [2.05, 4.69) is 21.2 Å². The predicted octanol–water partition coefficient (Wildman–Crippen LogP) is 6.04. The highest BCUT2D eigenvalue weighted by Gasteiger charge is 2.27. The zero-order valence-corrected chi connectivity index (χ0v) is 18.1. The number of hydrogen-bond acceptors (Lipinski definition) is 4. The first-order chi connectivity index (χ1) is 14.0. The second-order valence-electron chi connectivity index (χ2n) is 6.88. The number of benzene rings is 3. The first-order valence-electron chi connectivity index (χ1n) is 9.24. The van der Waals surface area contributed by atoms with Gasteiger partial charge in [0.25, 0.3) is 0 Å². The van der Waals surface area contributed by atoms with Crippen molar-refractivity contribution in [1.29, 1.82) is 0 Å². The van der Waals surface area contributed by atoms with Crippen LogP contribution in [0.2, 0.25) is 5.02 Å². The van der Waals surface area contributed by atoms with Crippen molar-refractivity contribution in [2.45, 2.75) is 18.6 Å². The summed E-state index contributed by atoms with van der Waals surface area (Å²) in [4.78, 5) is 4.96. The number of hydrogen-bond donors (Lipinski definition) is 2. The number of methoxy groups -OCH3 is 1. The Labute approximate surface area is 183 Å². The van der Waals surface area contributed by atoms with Crippen molar-refractivity contribution < 1.29 is 9.84 Å². The van der Waals surface area contributed by atoms with Crippen molar-refractivity contribution in [1.82, 2.24) is 5.32 Å². The van der Waals surface area contributed by atoms with E-state index in [9.17, 15) is 5.11 Å². The number of halogens is 2. The Bertz CT molecular complexity index is 1040. The summed E-state index contributed by atoms with van der Waals surface area (Å²) < 4.78 is 6.19. The van der Waals surface area contributed by atoms with Crippen LogP contribution >= 0.6 is 27.5 Å². The molecule has 148 valence electrons. The lowest BCUT2D eigenvalue weighted by molar-refractivity contribution is 0.412. The van der Waals surface area contributed by atoms with Crippen molar-refractivity contribution in [3.05, 3.63) is 92.9 Å². The van der Waals surface area contributed by atoms with Crippen LogP contribution in [0.3, 0.4) is 0 Å². The molecule has 0 aromatic heterocycles. The van der Waals surface area contributed by atoms with Gasteiger partial charge in [-0.05, 0) is 65.7 Å². The Hall–Kier alpha value is -2.34. The molecule has 0 saturated heterocycles. The lowest BCUT2D eigenvalue weighted by Gasteiger charge is -2.31. The van der Waals surface area contributed by atoms with E-state index in [4.69, 9.17) is 21.3 Å². The predicted molar refractivity (Wildman–Crippen MR) is 120 cm³/mol. The lowest BCUT2D eigenvalue weighted by Crippen LogP contribution is -2.33. The Morgan fingerprint density at radius 3 is 2.48 bits per heavy atom. The molecule has 0 saturated carbocycles. The molecule has 0 unspecified atom stereocenters. The van der Waals surface area contributed by atoms with Crippen molar-refractivity contribution in [2.75, 3.05) is 7.11 Å². The van der Waals surface area contributed by atoms with Crippen molar-refractivity contribution in [2.24, 2.45) is 4.99 Å². The highest BCUT2D eigenvalue weighted by Crippen LogP contribution is 2.36. The zero-order valence-electron chi connectivity index (χ0n) is 15.8. The summed E-state index contributed by atoms with van der Waals surface area (Å²) in [5.74, 6) is 1.07. The van der Waals surface area contributed by atoms with Crippen LogP contribution in [0.4, 0.5) is 0 Å². The quantitative estimate of drug-likeness (QED) is 0.488. The molecular weight excluding hydrogens is 452 g/mol. The SMILES string of the molecule is COc1ccc(C2=N[C@H](c3ccc(Cl)cc3)N[C@H](c3cc(Br)ccc3O)C2)cc1. The van der Waals surface area contributed by atoms with Crippen LogP contribution in [0, 0.1) is 0 Å². The van der Waals surface area contributed by atoms with Gasteiger partial charge >= 0.3 is 0 Å². The molecule has 0 amide bonds. The number of ether oxygens (including phenoxy) is 1. The molecule has 0 aliphatic carbocycles. The number of nitrogens with one attached hydrogen (secondary N) is 1. The summed E-state index contributed by atoms with van der Waals surface area (Å²) in [5.41, 5.74) is 3.85. The van der Waals surface area contributed by atoms with Gasteiger partial charge in [0.2, 0.25) is 0 Å². The van der Waals surface area contributed by atoms with Gasteiger partial charge < -0.3 is 9.84 Å². The number of aromatic hydroxyl groups is 1. The summed E-state index contributed by atoms with van der Waals surface area (Å²) in [6, 6.07) is 20.9. The fourth-order valence-electron chi connectivity index (χ4n) is 3.48. The van der Waals surface area contributed by atoms with Gasteiger partial charge in [0, 0.05) is 33.2 Å². The van der Waals surface area contributed by atoms with E-state index < -0.39 is 0 Å². The van der Waals surface area contributed by atoms with E-state index in [-0.39, 0.29) is 18.0 Å². The standard InChI is InChI=1S/C23H20BrClN2O2/c1-29-18-9-4-14(5-10-18)20-13-21(19-12-16(24)6-11-22(19)28)27-23(26-20)15-2-7-17(25)8-3-15/h2-12,21,23,27-28H,13H2,1H3/t21-,23-/m0/s1. The van der Waals surface area contributed by atoms with Gasteiger partial charge in [-0.15, -0.1) is 0 Å². The maximum absolute atomic E-state index is 10.5. The monoisotopic (exact) mass is 470 g/mol. The molecule has 6 heteroatoms. The van der Waals surface area contributed by atoms with Crippen LogP contribution in [-0.2, 0) is 0 Å². The Morgan fingerprint density at radius 2 is 1.79 bits per heavy atom. The van der Waals surface area contributed by atoms with Crippen LogP contribution in [0.1, 0.15) is 35.3 Å². The van der Waals surface area contributed by atoms with Gasteiger partial charge in [-0.2, -0.15) is 0 Å². The molecule has 2 atom stereocenters. The normalized spacial score (nSPS) is 18.9. The molecule has 0 spiro atoms. The molecule has 4 rings (SSSR count). The third-order valence-corrected chi connectivity index (χ3v) is 5.76. The van der Waals surface area contributed by atoms with Crippen LogP contribution < -0.4 is 10.1 Å². The summed E-state index contributed by atoms with van der Waals surface area (Å²) in [7, 11) is 1.65. The highest BCUT2D eigenvalue weighted by atomic mass is 79.9. The molecule has 1 heterocycles. The fourth-order valence-corrected chi connectivity index (χ4v) is 3.99. The largest absolute Gasteiger partial charge is 0.508 e. The molecule has 0 bridgehead atoms. The average molecular weight is 472 g/mol. The topological polar surface area (TPSA) is 53.8 Å². The molecule has 29 heavy (non-hydrogen) atoms. The summed E-state index contributed by atoms with van der Waals surface area (Å²) in [6.07, 6.45) is 0.405. The minimum Gasteiger partial charge on any atom is -0.508 e. The third-order valence-electron chi connectivity index (χ3n) is 5.02. The zero-order chi connectivity index (χ0) is 20.4. The maximum Gasteiger partial charge on any atom is 0.126 e. The van der Waals surface area contributed by atoms with Crippen LogP contribution in [0.15, 0.2) is 76.2 Å². The second kappa shape index (κ2) is 8.57. The summed E-state index contributed by atoms with van der Waals surface area (Å²) in [6.45, 7) is 0. The maximum atomic E-state index is 10.5. The van der Waals surface area contributed by atoms with Crippen molar-refractivity contribution in [3.8, 4) is 11.5 Å². The molecule has 4 nitrogen and oxygen atoms in total.